The summed E-state index contributed by atoms with van der Waals surface area (Å²) in [5.41, 5.74) is 1.49. The van der Waals surface area contributed by atoms with Gasteiger partial charge in [-0.15, -0.1) is 0 Å². The average molecular weight is 407 g/mol. The Morgan fingerprint density at radius 2 is 1.75 bits per heavy atom. The topological polar surface area (TPSA) is 96.5 Å². The number of aromatic amines is 1. The molecule has 0 bridgehead atoms. The molecule has 2 rings (SSSR count). The van der Waals surface area contributed by atoms with Crippen LogP contribution >= 0.6 is 0 Å². The maximum Gasteiger partial charge on any atom is 0.355 e. The molecule has 1 aromatic heterocycles. The smallest absolute Gasteiger partial charge is 0.355 e. The molecule has 0 radical (unpaired) electrons. The van der Waals surface area contributed by atoms with Crippen molar-refractivity contribution in [1.82, 2.24) is 9.29 Å². The van der Waals surface area contributed by atoms with E-state index in [1.807, 2.05) is 0 Å². The van der Waals surface area contributed by atoms with Gasteiger partial charge in [-0.3, -0.25) is 4.79 Å². The summed E-state index contributed by atoms with van der Waals surface area (Å²) in [5, 5.41) is 0. The molecule has 1 aromatic carbocycles. The standard InChI is InChI=1S/C20H26N2O5S/c1-6-22(28(25,26)16-11-9-8-10-12-16)15(5)19(23)17-13(3)18(21-14(17)4)20(24)27-7-2/h8-12,15,21H,6-7H2,1-5H3/t15-/m1/s1. The number of ether oxygens (including phenoxy) is 1. The molecule has 0 aliphatic rings. The van der Waals surface area contributed by atoms with E-state index in [4.69, 9.17) is 4.74 Å². The summed E-state index contributed by atoms with van der Waals surface area (Å²) in [6, 6.07) is 7.08. The van der Waals surface area contributed by atoms with Gasteiger partial charge in [-0.25, -0.2) is 13.2 Å². The van der Waals surface area contributed by atoms with Gasteiger partial charge in [0.1, 0.15) is 5.69 Å². The Hall–Kier alpha value is -2.45. The molecular formula is C20H26N2O5S. The predicted octanol–water partition coefficient (Wildman–Crippen LogP) is 3.09. The van der Waals surface area contributed by atoms with Crippen LogP contribution in [0.25, 0.3) is 0 Å². The summed E-state index contributed by atoms with van der Waals surface area (Å²) < 4.78 is 32.2. The van der Waals surface area contributed by atoms with Crippen LogP contribution in [0.2, 0.25) is 0 Å². The molecule has 0 amide bonds. The second-order valence-corrected chi connectivity index (χ2v) is 8.30. The molecule has 1 N–H and O–H groups in total. The fraction of sp³-hybridized carbons (Fsp3) is 0.400. The normalized spacial score (nSPS) is 12.8. The third-order valence-corrected chi connectivity index (χ3v) is 6.70. The van der Waals surface area contributed by atoms with Gasteiger partial charge < -0.3 is 9.72 Å². The van der Waals surface area contributed by atoms with Crippen molar-refractivity contribution in [3.05, 3.63) is 52.8 Å². The van der Waals surface area contributed by atoms with Gasteiger partial charge >= 0.3 is 5.97 Å². The average Bonchev–Trinajstić information content (AvgIpc) is 2.96. The molecule has 152 valence electrons. The lowest BCUT2D eigenvalue weighted by molar-refractivity contribution is 0.0519. The van der Waals surface area contributed by atoms with Crippen molar-refractivity contribution in [3.63, 3.8) is 0 Å². The maximum atomic E-state index is 13.2. The van der Waals surface area contributed by atoms with Gasteiger partial charge in [0.15, 0.2) is 5.78 Å². The van der Waals surface area contributed by atoms with Crippen LogP contribution < -0.4 is 0 Å². The molecule has 0 spiro atoms. The zero-order chi connectivity index (χ0) is 21.1. The lowest BCUT2D eigenvalue weighted by Crippen LogP contribution is -2.43. The number of carbonyl (C=O) groups excluding carboxylic acids is 2. The number of likely N-dealkylation sites (N-methyl/N-ethyl adjacent to an activating group) is 1. The van der Waals surface area contributed by atoms with Crippen molar-refractivity contribution in [2.45, 2.75) is 45.6 Å². The van der Waals surface area contributed by atoms with Gasteiger partial charge in [0, 0.05) is 17.8 Å². The molecule has 0 aliphatic heterocycles. The summed E-state index contributed by atoms with van der Waals surface area (Å²) >= 11 is 0. The first-order chi connectivity index (χ1) is 13.2. The number of aryl methyl sites for hydroxylation is 1. The third kappa shape index (κ3) is 4.02. The van der Waals surface area contributed by atoms with E-state index in [1.54, 1.807) is 52.8 Å². The highest BCUT2D eigenvalue weighted by atomic mass is 32.2. The van der Waals surface area contributed by atoms with Crippen LogP contribution in [-0.4, -0.2) is 48.7 Å². The number of aromatic nitrogens is 1. The minimum absolute atomic E-state index is 0.131. The van der Waals surface area contributed by atoms with Gasteiger partial charge in [-0.05, 0) is 45.4 Å². The molecule has 1 atom stereocenters. The number of hydrogen-bond donors (Lipinski definition) is 1. The number of esters is 1. The van der Waals surface area contributed by atoms with Crippen molar-refractivity contribution >= 4 is 21.8 Å². The zero-order valence-electron chi connectivity index (χ0n) is 16.8. The Kier molecular flexibility index (Phi) is 6.79. The number of H-pyrrole nitrogens is 1. The molecule has 2 aromatic rings. The van der Waals surface area contributed by atoms with Crippen molar-refractivity contribution < 1.29 is 22.7 Å². The summed E-state index contributed by atoms with van der Waals surface area (Å²) in [4.78, 5) is 28.3. The first kappa shape index (κ1) is 21.8. The Balaban J connectivity index is 2.42. The highest BCUT2D eigenvalue weighted by Crippen LogP contribution is 2.25. The quantitative estimate of drug-likeness (QED) is 0.537. The van der Waals surface area contributed by atoms with Gasteiger partial charge in [-0.1, -0.05) is 25.1 Å². The van der Waals surface area contributed by atoms with Gasteiger partial charge in [0.25, 0.3) is 0 Å². The van der Waals surface area contributed by atoms with Gasteiger partial charge in [0.2, 0.25) is 10.0 Å². The van der Waals surface area contributed by atoms with Crippen LogP contribution in [0.1, 0.15) is 52.9 Å². The van der Waals surface area contributed by atoms with Crippen LogP contribution in [0.15, 0.2) is 35.2 Å². The van der Waals surface area contributed by atoms with E-state index in [0.29, 0.717) is 16.8 Å². The van der Waals surface area contributed by atoms with Crippen molar-refractivity contribution in [2.24, 2.45) is 0 Å². The Morgan fingerprint density at radius 3 is 2.29 bits per heavy atom. The number of rotatable bonds is 8. The van der Waals surface area contributed by atoms with Gasteiger partial charge in [-0.2, -0.15) is 4.31 Å². The van der Waals surface area contributed by atoms with Crippen molar-refractivity contribution in [2.75, 3.05) is 13.2 Å². The van der Waals surface area contributed by atoms with Crippen molar-refractivity contribution in [3.8, 4) is 0 Å². The molecule has 1 heterocycles. The fourth-order valence-corrected chi connectivity index (χ4v) is 4.87. The summed E-state index contributed by atoms with van der Waals surface area (Å²) in [6.07, 6.45) is 0. The maximum absolute atomic E-state index is 13.2. The number of nitrogens with zero attached hydrogens (tertiary/aromatic N) is 1. The van der Waals surface area contributed by atoms with Crippen LogP contribution in [0.3, 0.4) is 0 Å². The minimum atomic E-state index is -3.84. The highest BCUT2D eigenvalue weighted by Gasteiger charge is 2.34. The van der Waals surface area contributed by atoms with E-state index in [1.165, 1.54) is 16.4 Å². The lowest BCUT2D eigenvalue weighted by atomic mass is 10.0. The number of Topliss-reactive ketones (excluding diaryl/α,β-unsaturated/α-hetero) is 1. The van der Waals surface area contributed by atoms with E-state index in [2.05, 4.69) is 4.98 Å². The summed E-state index contributed by atoms with van der Waals surface area (Å²) in [7, 11) is -3.84. The summed E-state index contributed by atoms with van der Waals surface area (Å²) in [5.74, 6) is -0.915. The molecule has 7 nitrogen and oxygen atoms in total. The van der Waals surface area contributed by atoms with E-state index in [9.17, 15) is 18.0 Å². The molecule has 0 fully saturated rings. The number of sulfonamides is 1. The molecule has 0 unspecified atom stereocenters. The van der Waals surface area contributed by atoms with Crippen LogP contribution in [0.4, 0.5) is 0 Å². The van der Waals surface area contributed by atoms with E-state index in [0.717, 1.165) is 0 Å². The lowest BCUT2D eigenvalue weighted by Gasteiger charge is -2.26. The first-order valence-electron chi connectivity index (χ1n) is 9.14. The number of ketones is 1. The molecule has 0 aliphatic carbocycles. The Bertz CT molecular complexity index is 964. The predicted molar refractivity (Wildman–Crippen MR) is 106 cm³/mol. The summed E-state index contributed by atoms with van der Waals surface area (Å²) in [6.45, 7) is 8.62. The fourth-order valence-electron chi connectivity index (χ4n) is 3.25. The third-order valence-electron chi connectivity index (χ3n) is 4.64. The molecule has 28 heavy (non-hydrogen) atoms. The minimum Gasteiger partial charge on any atom is -0.461 e. The van der Waals surface area contributed by atoms with Crippen LogP contribution in [0, 0.1) is 13.8 Å². The highest BCUT2D eigenvalue weighted by molar-refractivity contribution is 7.89. The monoisotopic (exact) mass is 406 g/mol. The van der Waals surface area contributed by atoms with Crippen LogP contribution in [0.5, 0.6) is 0 Å². The van der Waals surface area contributed by atoms with Crippen molar-refractivity contribution in [1.29, 1.82) is 0 Å². The van der Waals surface area contributed by atoms with E-state index >= 15 is 0 Å². The molecular weight excluding hydrogens is 380 g/mol. The Labute approximate surface area is 165 Å². The Morgan fingerprint density at radius 1 is 1.14 bits per heavy atom. The largest absolute Gasteiger partial charge is 0.461 e. The second-order valence-electron chi connectivity index (χ2n) is 6.41. The van der Waals surface area contributed by atoms with E-state index < -0.39 is 22.0 Å². The van der Waals surface area contributed by atoms with E-state index in [-0.39, 0.29) is 29.5 Å². The number of nitrogens with one attached hydrogen (secondary N) is 1. The molecule has 0 saturated heterocycles. The first-order valence-corrected chi connectivity index (χ1v) is 10.6. The molecule has 8 heteroatoms. The SMILES string of the molecule is CCOC(=O)c1[nH]c(C)c(C(=O)[C@@H](C)N(CC)S(=O)(=O)c2ccccc2)c1C. The second kappa shape index (κ2) is 8.70. The number of benzene rings is 1. The number of hydrogen-bond acceptors (Lipinski definition) is 5. The molecule has 0 saturated carbocycles. The van der Waals surface area contributed by atoms with Gasteiger partial charge in [0.05, 0.1) is 17.5 Å². The van der Waals surface area contributed by atoms with Crippen LogP contribution in [-0.2, 0) is 14.8 Å². The zero-order valence-corrected chi connectivity index (χ0v) is 17.6. The number of carbonyl (C=O) groups is 2.